The smallest absolute Gasteiger partial charge is 0.222 e. The largest absolute Gasteiger partial charge is 0.343 e. The van der Waals surface area contributed by atoms with Crippen molar-refractivity contribution in [1.29, 1.82) is 0 Å². The number of aryl methyl sites for hydroxylation is 1. The molecule has 0 aromatic carbocycles. The van der Waals surface area contributed by atoms with Crippen LogP contribution in [0.3, 0.4) is 0 Å². The molecule has 0 atom stereocenters. The molecule has 0 bridgehead atoms. The van der Waals surface area contributed by atoms with Gasteiger partial charge in [0, 0.05) is 31.6 Å². The molecule has 2 aromatic heterocycles. The summed E-state index contributed by atoms with van der Waals surface area (Å²) in [6, 6.07) is 0. The summed E-state index contributed by atoms with van der Waals surface area (Å²) in [6.07, 6.45) is 9.55. The highest BCUT2D eigenvalue weighted by Gasteiger charge is 2.24. The molecule has 7 heteroatoms. The molecule has 1 saturated heterocycles. The highest BCUT2D eigenvalue weighted by molar-refractivity contribution is 5.76. The van der Waals surface area contributed by atoms with E-state index in [1.807, 2.05) is 17.3 Å². The van der Waals surface area contributed by atoms with Crippen LogP contribution < -0.4 is 0 Å². The third-order valence-electron chi connectivity index (χ3n) is 4.08. The maximum Gasteiger partial charge on any atom is 0.222 e. The van der Waals surface area contributed by atoms with Gasteiger partial charge in [-0.05, 0) is 31.2 Å². The van der Waals surface area contributed by atoms with Crippen LogP contribution in [0.5, 0.6) is 0 Å². The Hall–Kier alpha value is -2.18. The summed E-state index contributed by atoms with van der Waals surface area (Å²) in [5.41, 5.74) is 1.16. The van der Waals surface area contributed by atoms with Crippen molar-refractivity contribution in [2.75, 3.05) is 13.1 Å². The van der Waals surface area contributed by atoms with Crippen molar-refractivity contribution in [2.24, 2.45) is 0 Å². The summed E-state index contributed by atoms with van der Waals surface area (Å²) in [4.78, 5) is 18.4. The van der Waals surface area contributed by atoms with Crippen molar-refractivity contribution in [2.45, 2.75) is 38.0 Å². The Balaban J connectivity index is 1.40. The van der Waals surface area contributed by atoms with E-state index in [9.17, 15) is 4.79 Å². The average molecular weight is 288 g/mol. The Labute approximate surface area is 123 Å². The fourth-order valence-electron chi connectivity index (χ4n) is 2.83. The van der Waals surface area contributed by atoms with E-state index in [0.29, 0.717) is 12.3 Å². The van der Waals surface area contributed by atoms with Crippen molar-refractivity contribution in [3.05, 3.63) is 30.1 Å². The fraction of sp³-hybridized carbons (Fsp3) is 0.571. The number of hydrogen-bond acceptors (Lipinski definition) is 4. The quantitative estimate of drug-likeness (QED) is 0.866. The molecule has 3 heterocycles. The topological polar surface area (TPSA) is 90.6 Å². The Kier molecular flexibility index (Phi) is 4.28. The second-order valence-corrected chi connectivity index (χ2v) is 5.49. The molecule has 2 aromatic rings. The Bertz CT molecular complexity index is 542. The van der Waals surface area contributed by atoms with E-state index >= 15 is 0 Å². The maximum absolute atomic E-state index is 12.2. The minimum absolute atomic E-state index is 0.259. The highest BCUT2D eigenvalue weighted by atomic mass is 16.2. The second kappa shape index (κ2) is 6.51. The number of likely N-dealkylation sites (tertiary alicyclic amines) is 1. The van der Waals surface area contributed by atoms with Crippen LogP contribution in [-0.2, 0) is 11.2 Å². The predicted molar refractivity (Wildman–Crippen MR) is 76.5 cm³/mol. The number of rotatable bonds is 5. The SMILES string of the molecule is O=C(CCCc1cn[nH]c1)N1CCC(c2ncn[nH]2)CC1. The third kappa shape index (κ3) is 3.48. The van der Waals surface area contributed by atoms with Gasteiger partial charge in [0.2, 0.25) is 5.91 Å². The van der Waals surface area contributed by atoms with Crippen molar-refractivity contribution in [3.8, 4) is 0 Å². The molecule has 0 spiro atoms. The number of piperidine rings is 1. The van der Waals surface area contributed by atoms with Crippen LogP contribution in [-0.4, -0.2) is 49.3 Å². The molecule has 1 aliphatic rings. The number of H-pyrrole nitrogens is 2. The first-order chi connectivity index (χ1) is 10.3. The van der Waals surface area contributed by atoms with Gasteiger partial charge in [-0.2, -0.15) is 10.2 Å². The summed E-state index contributed by atoms with van der Waals surface area (Å²) < 4.78 is 0. The lowest BCUT2D eigenvalue weighted by Gasteiger charge is -2.31. The van der Waals surface area contributed by atoms with Crippen LogP contribution in [0.4, 0.5) is 0 Å². The molecule has 0 saturated carbocycles. The first kappa shape index (κ1) is 13.8. The molecule has 3 rings (SSSR count). The maximum atomic E-state index is 12.2. The van der Waals surface area contributed by atoms with E-state index < -0.39 is 0 Å². The number of nitrogens with zero attached hydrogens (tertiary/aromatic N) is 4. The van der Waals surface area contributed by atoms with Gasteiger partial charge in [-0.1, -0.05) is 0 Å². The Morgan fingerprint density at radius 3 is 2.86 bits per heavy atom. The van der Waals surface area contributed by atoms with Gasteiger partial charge in [0.05, 0.1) is 6.20 Å². The van der Waals surface area contributed by atoms with Crippen LogP contribution in [0, 0.1) is 0 Å². The summed E-state index contributed by atoms with van der Waals surface area (Å²) >= 11 is 0. The lowest BCUT2D eigenvalue weighted by molar-refractivity contribution is -0.132. The van der Waals surface area contributed by atoms with Gasteiger partial charge in [-0.3, -0.25) is 15.0 Å². The summed E-state index contributed by atoms with van der Waals surface area (Å²) in [7, 11) is 0. The first-order valence-electron chi connectivity index (χ1n) is 7.43. The molecule has 1 aliphatic heterocycles. The van der Waals surface area contributed by atoms with Gasteiger partial charge in [0.15, 0.2) is 0 Å². The van der Waals surface area contributed by atoms with E-state index in [4.69, 9.17) is 0 Å². The molecule has 2 N–H and O–H groups in total. The predicted octanol–water partition coefficient (Wildman–Crippen LogP) is 1.26. The number of carbonyl (C=O) groups excluding carboxylic acids is 1. The van der Waals surface area contributed by atoms with Gasteiger partial charge in [0.1, 0.15) is 12.2 Å². The molecule has 0 radical (unpaired) electrons. The van der Waals surface area contributed by atoms with E-state index in [-0.39, 0.29) is 5.91 Å². The normalized spacial score (nSPS) is 16.3. The Morgan fingerprint density at radius 1 is 1.33 bits per heavy atom. The summed E-state index contributed by atoms with van der Waals surface area (Å²) in [5, 5.41) is 13.5. The highest BCUT2D eigenvalue weighted by Crippen LogP contribution is 2.25. The standard InChI is InChI=1S/C14H20N6O/c21-13(3-1-2-11-8-16-17-9-11)20-6-4-12(5-7-20)14-15-10-18-19-14/h8-10,12H,1-7H2,(H,16,17)(H,15,18,19). The van der Waals surface area contributed by atoms with Crippen LogP contribution >= 0.6 is 0 Å². The van der Waals surface area contributed by atoms with E-state index in [0.717, 1.165) is 50.2 Å². The van der Waals surface area contributed by atoms with Crippen molar-refractivity contribution >= 4 is 5.91 Å². The number of aromatic amines is 2. The number of hydrogen-bond donors (Lipinski definition) is 2. The lowest BCUT2D eigenvalue weighted by atomic mass is 9.96. The van der Waals surface area contributed by atoms with Crippen molar-refractivity contribution in [1.82, 2.24) is 30.3 Å². The van der Waals surface area contributed by atoms with Crippen LogP contribution in [0.25, 0.3) is 0 Å². The fourth-order valence-corrected chi connectivity index (χ4v) is 2.83. The molecule has 0 aliphatic carbocycles. The molecule has 112 valence electrons. The van der Waals surface area contributed by atoms with Crippen LogP contribution in [0.1, 0.15) is 43.0 Å². The number of amides is 1. The molecular formula is C14H20N6O. The number of aromatic nitrogens is 5. The molecule has 7 nitrogen and oxygen atoms in total. The van der Waals surface area contributed by atoms with Gasteiger partial charge in [-0.25, -0.2) is 4.98 Å². The van der Waals surface area contributed by atoms with Gasteiger partial charge >= 0.3 is 0 Å². The summed E-state index contributed by atoms with van der Waals surface area (Å²) in [5.74, 6) is 1.61. The van der Waals surface area contributed by atoms with Crippen molar-refractivity contribution in [3.63, 3.8) is 0 Å². The van der Waals surface area contributed by atoms with Crippen LogP contribution in [0.2, 0.25) is 0 Å². The van der Waals surface area contributed by atoms with Crippen molar-refractivity contribution < 1.29 is 4.79 Å². The zero-order valence-electron chi connectivity index (χ0n) is 12.0. The zero-order valence-corrected chi connectivity index (χ0v) is 12.0. The second-order valence-electron chi connectivity index (χ2n) is 5.49. The van der Waals surface area contributed by atoms with Gasteiger partial charge < -0.3 is 4.90 Å². The summed E-state index contributed by atoms with van der Waals surface area (Å²) in [6.45, 7) is 1.63. The van der Waals surface area contributed by atoms with E-state index in [1.165, 1.54) is 0 Å². The molecule has 0 unspecified atom stereocenters. The molecular weight excluding hydrogens is 268 g/mol. The van der Waals surface area contributed by atoms with E-state index in [2.05, 4.69) is 25.4 Å². The van der Waals surface area contributed by atoms with E-state index in [1.54, 1.807) is 6.33 Å². The molecule has 1 fully saturated rings. The lowest BCUT2D eigenvalue weighted by Crippen LogP contribution is -2.38. The van der Waals surface area contributed by atoms with Crippen LogP contribution in [0.15, 0.2) is 18.7 Å². The van der Waals surface area contributed by atoms with Gasteiger partial charge in [-0.15, -0.1) is 0 Å². The Morgan fingerprint density at radius 2 is 2.19 bits per heavy atom. The monoisotopic (exact) mass is 288 g/mol. The number of carbonyl (C=O) groups is 1. The van der Waals surface area contributed by atoms with Gasteiger partial charge in [0.25, 0.3) is 0 Å². The molecule has 1 amide bonds. The minimum atomic E-state index is 0.259. The molecule has 21 heavy (non-hydrogen) atoms. The number of nitrogens with one attached hydrogen (secondary N) is 2. The zero-order chi connectivity index (χ0) is 14.5. The first-order valence-corrected chi connectivity index (χ1v) is 7.43. The average Bonchev–Trinajstić information content (AvgIpc) is 3.21. The third-order valence-corrected chi connectivity index (χ3v) is 4.08. The minimum Gasteiger partial charge on any atom is -0.343 e.